The minimum absolute atomic E-state index is 0.0402. The lowest BCUT2D eigenvalue weighted by Gasteiger charge is -2.29. The molecular formula is C14H19BrFNO3. The normalized spacial score (nSPS) is 12.2. The van der Waals surface area contributed by atoms with E-state index in [9.17, 15) is 9.18 Å². The van der Waals surface area contributed by atoms with Crippen molar-refractivity contribution in [1.29, 1.82) is 0 Å². The lowest BCUT2D eigenvalue weighted by Crippen LogP contribution is -2.43. The van der Waals surface area contributed by atoms with Crippen LogP contribution >= 0.6 is 15.9 Å². The second-order valence-electron chi connectivity index (χ2n) is 4.42. The molecule has 4 nitrogen and oxygen atoms in total. The number of hydrogen-bond acceptors (Lipinski definition) is 3. The van der Waals surface area contributed by atoms with E-state index in [-0.39, 0.29) is 17.5 Å². The Morgan fingerprint density at radius 1 is 1.40 bits per heavy atom. The van der Waals surface area contributed by atoms with E-state index in [0.29, 0.717) is 24.2 Å². The molecular weight excluding hydrogens is 329 g/mol. The first-order valence-corrected chi connectivity index (χ1v) is 7.04. The molecule has 1 amide bonds. The maximum atomic E-state index is 13.8. The van der Waals surface area contributed by atoms with E-state index in [2.05, 4.69) is 15.9 Å². The summed E-state index contributed by atoms with van der Waals surface area (Å²) < 4.78 is 24.6. The van der Waals surface area contributed by atoms with Crippen LogP contribution in [0.4, 0.5) is 4.39 Å². The van der Waals surface area contributed by atoms with Crippen molar-refractivity contribution in [3.05, 3.63) is 34.1 Å². The summed E-state index contributed by atoms with van der Waals surface area (Å²) in [6.07, 6.45) is 0. The SMILES string of the molecule is COCCN(C(=O)c1cc(Br)ccc1F)C(C)COC. The molecule has 1 aromatic carbocycles. The minimum atomic E-state index is -0.537. The fourth-order valence-electron chi connectivity index (χ4n) is 1.86. The number of carbonyl (C=O) groups excluding carboxylic acids is 1. The van der Waals surface area contributed by atoms with Gasteiger partial charge in [-0.25, -0.2) is 4.39 Å². The van der Waals surface area contributed by atoms with Crippen molar-refractivity contribution >= 4 is 21.8 Å². The van der Waals surface area contributed by atoms with E-state index in [1.165, 1.54) is 12.1 Å². The van der Waals surface area contributed by atoms with Gasteiger partial charge in [0.25, 0.3) is 5.91 Å². The van der Waals surface area contributed by atoms with E-state index in [1.807, 2.05) is 6.92 Å². The first kappa shape index (κ1) is 17.1. The Kier molecular flexibility index (Phi) is 7.12. The van der Waals surface area contributed by atoms with Crippen LogP contribution in [0.1, 0.15) is 17.3 Å². The van der Waals surface area contributed by atoms with Crippen LogP contribution in [0.3, 0.4) is 0 Å². The quantitative estimate of drug-likeness (QED) is 0.761. The van der Waals surface area contributed by atoms with Gasteiger partial charge in [0.05, 0.1) is 24.8 Å². The van der Waals surface area contributed by atoms with Crippen molar-refractivity contribution in [2.45, 2.75) is 13.0 Å². The summed E-state index contributed by atoms with van der Waals surface area (Å²) in [5, 5.41) is 0. The molecule has 0 radical (unpaired) electrons. The number of nitrogens with zero attached hydrogens (tertiary/aromatic N) is 1. The van der Waals surface area contributed by atoms with Crippen molar-refractivity contribution in [3.8, 4) is 0 Å². The number of amides is 1. The highest BCUT2D eigenvalue weighted by molar-refractivity contribution is 9.10. The first-order chi connectivity index (χ1) is 9.51. The highest BCUT2D eigenvalue weighted by Gasteiger charge is 2.23. The number of benzene rings is 1. The highest BCUT2D eigenvalue weighted by Crippen LogP contribution is 2.18. The average Bonchev–Trinajstić information content (AvgIpc) is 2.42. The van der Waals surface area contributed by atoms with E-state index >= 15 is 0 Å². The molecule has 0 aliphatic heterocycles. The molecule has 1 unspecified atom stereocenters. The molecule has 6 heteroatoms. The zero-order chi connectivity index (χ0) is 15.1. The smallest absolute Gasteiger partial charge is 0.257 e. The lowest BCUT2D eigenvalue weighted by molar-refractivity contribution is 0.0475. The molecule has 0 fully saturated rings. The van der Waals surface area contributed by atoms with Gasteiger partial charge in [0, 0.05) is 25.2 Å². The van der Waals surface area contributed by atoms with Gasteiger partial charge in [0.2, 0.25) is 0 Å². The number of hydrogen-bond donors (Lipinski definition) is 0. The Morgan fingerprint density at radius 2 is 2.10 bits per heavy atom. The monoisotopic (exact) mass is 347 g/mol. The van der Waals surface area contributed by atoms with E-state index in [0.717, 1.165) is 0 Å². The molecule has 1 rings (SSSR count). The van der Waals surface area contributed by atoms with Crippen molar-refractivity contribution in [3.63, 3.8) is 0 Å². The summed E-state index contributed by atoms with van der Waals surface area (Å²) >= 11 is 3.25. The Bertz CT molecular complexity index is 456. The van der Waals surface area contributed by atoms with E-state index in [1.54, 1.807) is 25.2 Å². The van der Waals surface area contributed by atoms with Crippen LogP contribution in [0.25, 0.3) is 0 Å². The zero-order valence-corrected chi connectivity index (χ0v) is 13.4. The van der Waals surface area contributed by atoms with Gasteiger partial charge in [-0.3, -0.25) is 4.79 Å². The van der Waals surface area contributed by atoms with Crippen LogP contribution in [0.2, 0.25) is 0 Å². The minimum Gasteiger partial charge on any atom is -0.383 e. The standard InChI is InChI=1S/C14H19BrFNO3/c1-10(9-20-3)17(6-7-19-2)14(18)12-8-11(15)4-5-13(12)16/h4-5,8,10H,6-7,9H2,1-3H3. The maximum absolute atomic E-state index is 13.8. The zero-order valence-electron chi connectivity index (χ0n) is 11.9. The Labute approximate surface area is 127 Å². The summed E-state index contributed by atoms with van der Waals surface area (Å²) in [6, 6.07) is 4.15. The van der Waals surface area contributed by atoms with Crippen LogP contribution in [0, 0.1) is 5.82 Å². The molecule has 112 valence electrons. The van der Waals surface area contributed by atoms with Crippen molar-refractivity contribution in [2.24, 2.45) is 0 Å². The predicted molar refractivity (Wildman–Crippen MR) is 78.4 cm³/mol. The van der Waals surface area contributed by atoms with E-state index < -0.39 is 5.82 Å². The summed E-state index contributed by atoms with van der Waals surface area (Å²) in [6.45, 7) is 3.00. The van der Waals surface area contributed by atoms with Gasteiger partial charge in [-0.1, -0.05) is 15.9 Å². The van der Waals surface area contributed by atoms with Crippen LogP contribution < -0.4 is 0 Å². The van der Waals surface area contributed by atoms with Gasteiger partial charge in [0.15, 0.2) is 0 Å². The van der Waals surface area contributed by atoms with Gasteiger partial charge < -0.3 is 14.4 Å². The van der Waals surface area contributed by atoms with Crippen LogP contribution in [0.5, 0.6) is 0 Å². The molecule has 0 heterocycles. The number of methoxy groups -OCH3 is 2. The third kappa shape index (κ3) is 4.54. The van der Waals surface area contributed by atoms with E-state index in [4.69, 9.17) is 9.47 Å². The van der Waals surface area contributed by atoms with Crippen molar-refractivity contribution in [1.82, 2.24) is 4.90 Å². The topological polar surface area (TPSA) is 38.8 Å². The van der Waals surface area contributed by atoms with Gasteiger partial charge in [0.1, 0.15) is 5.82 Å². The van der Waals surface area contributed by atoms with Gasteiger partial charge in [-0.2, -0.15) is 0 Å². The van der Waals surface area contributed by atoms with Crippen LogP contribution in [-0.4, -0.2) is 50.8 Å². The molecule has 0 aromatic heterocycles. The largest absolute Gasteiger partial charge is 0.383 e. The molecule has 0 aliphatic carbocycles. The third-order valence-electron chi connectivity index (χ3n) is 2.90. The molecule has 0 bridgehead atoms. The fourth-order valence-corrected chi connectivity index (χ4v) is 2.22. The molecule has 0 saturated heterocycles. The van der Waals surface area contributed by atoms with Crippen molar-refractivity contribution in [2.75, 3.05) is 34.0 Å². The highest BCUT2D eigenvalue weighted by atomic mass is 79.9. The fraction of sp³-hybridized carbons (Fsp3) is 0.500. The Morgan fingerprint density at radius 3 is 2.70 bits per heavy atom. The Balaban J connectivity index is 2.99. The third-order valence-corrected chi connectivity index (χ3v) is 3.39. The number of carbonyl (C=O) groups is 1. The van der Waals surface area contributed by atoms with Gasteiger partial charge in [-0.15, -0.1) is 0 Å². The van der Waals surface area contributed by atoms with Crippen LogP contribution in [-0.2, 0) is 9.47 Å². The Hall–Kier alpha value is -0.980. The second kappa shape index (κ2) is 8.34. The van der Waals surface area contributed by atoms with Crippen LogP contribution in [0.15, 0.2) is 22.7 Å². The summed E-state index contributed by atoms with van der Waals surface area (Å²) in [5.74, 6) is -0.907. The average molecular weight is 348 g/mol. The lowest BCUT2D eigenvalue weighted by atomic mass is 10.1. The maximum Gasteiger partial charge on any atom is 0.257 e. The number of halogens is 2. The summed E-state index contributed by atoms with van der Waals surface area (Å²) in [4.78, 5) is 14.0. The predicted octanol–water partition coefficient (Wildman–Crippen LogP) is 2.71. The number of rotatable bonds is 7. The second-order valence-corrected chi connectivity index (χ2v) is 5.34. The van der Waals surface area contributed by atoms with Crippen molar-refractivity contribution < 1.29 is 18.7 Å². The molecule has 0 N–H and O–H groups in total. The molecule has 1 aromatic rings. The molecule has 1 atom stereocenters. The first-order valence-electron chi connectivity index (χ1n) is 6.25. The molecule has 0 spiro atoms. The molecule has 0 aliphatic rings. The van der Waals surface area contributed by atoms with Gasteiger partial charge >= 0.3 is 0 Å². The van der Waals surface area contributed by atoms with Gasteiger partial charge in [-0.05, 0) is 25.1 Å². The summed E-state index contributed by atoms with van der Waals surface area (Å²) in [7, 11) is 3.12. The molecule has 20 heavy (non-hydrogen) atoms. The molecule has 0 saturated carbocycles. The summed E-state index contributed by atoms with van der Waals surface area (Å²) in [5.41, 5.74) is 0.0402. The number of ether oxygens (including phenoxy) is 2.